The highest BCUT2D eigenvalue weighted by molar-refractivity contribution is 14.0. The van der Waals surface area contributed by atoms with Crippen molar-refractivity contribution in [1.29, 1.82) is 0 Å². The molecule has 0 aromatic carbocycles. The van der Waals surface area contributed by atoms with Crippen LogP contribution < -0.4 is 10.6 Å². The van der Waals surface area contributed by atoms with Crippen LogP contribution in [0.5, 0.6) is 0 Å². The van der Waals surface area contributed by atoms with Crippen LogP contribution in [-0.4, -0.2) is 49.1 Å². The molecule has 22 heavy (non-hydrogen) atoms. The molecule has 0 bridgehead atoms. The Hall–Kier alpha value is -0.830. The summed E-state index contributed by atoms with van der Waals surface area (Å²) < 4.78 is 5.55. The minimum absolute atomic E-state index is 0. The molecule has 7 heteroatoms. The van der Waals surface area contributed by atoms with Crippen LogP contribution in [0.4, 0.5) is 0 Å². The third kappa shape index (κ3) is 5.42. The van der Waals surface area contributed by atoms with Crippen LogP contribution in [0.3, 0.4) is 0 Å². The van der Waals surface area contributed by atoms with Crippen molar-refractivity contribution in [2.45, 2.75) is 33.7 Å². The fourth-order valence-corrected chi connectivity index (χ4v) is 2.60. The molecular formula is C15H28IN5O. The third-order valence-corrected chi connectivity index (χ3v) is 4.08. The Bertz CT molecular complexity index is 469. The number of hydrogen-bond acceptors (Lipinski definition) is 4. The van der Waals surface area contributed by atoms with Gasteiger partial charge in [0, 0.05) is 20.1 Å². The number of nitrogens with zero attached hydrogens (tertiary/aromatic N) is 3. The first-order valence-corrected chi connectivity index (χ1v) is 7.72. The van der Waals surface area contributed by atoms with Crippen LogP contribution in [-0.2, 0) is 6.54 Å². The number of guanidine groups is 1. The summed E-state index contributed by atoms with van der Waals surface area (Å²) in [4.78, 5) is 11.1. The number of halogens is 1. The molecule has 1 aromatic heterocycles. The maximum atomic E-state index is 5.55. The predicted molar refractivity (Wildman–Crippen MR) is 99.8 cm³/mol. The molecule has 2 N–H and O–H groups in total. The van der Waals surface area contributed by atoms with E-state index >= 15 is 0 Å². The second kappa shape index (κ2) is 9.34. The van der Waals surface area contributed by atoms with Crippen molar-refractivity contribution in [1.82, 2.24) is 20.5 Å². The molecule has 0 aliphatic carbocycles. The van der Waals surface area contributed by atoms with Crippen LogP contribution in [0.15, 0.2) is 9.41 Å². The lowest BCUT2D eigenvalue weighted by Crippen LogP contribution is -2.40. The van der Waals surface area contributed by atoms with Crippen molar-refractivity contribution in [3.63, 3.8) is 0 Å². The smallest absolute Gasteiger partial charge is 0.214 e. The topological polar surface area (TPSA) is 65.7 Å². The molecule has 1 unspecified atom stereocenters. The monoisotopic (exact) mass is 421 g/mol. The number of aliphatic imine (C=N–C) groups is 1. The van der Waals surface area contributed by atoms with Gasteiger partial charge >= 0.3 is 0 Å². The van der Waals surface area contributed by atoms with Gasteiger partial charge in [-0.1, -0.05) is 6.92 Å². The minimum atomic E-state index is 0. The van der Waals surface area contributed by atoms with E-state index in [2.05, 4.69) is 32.4 Å². The van der Waals surface area contributed by atoms with E-state index in [-0.39, 0.29) is 24.0 Å². The Morgan fingerprint density at radius 1 is 1.41 bits per heavy atom. The summed E-state index contributed by atoms with van der Waals surface area (Å²) in [5.41, 5.74) is 0.945. The Morgan fingerprint density at radius 3 is 2.73 bits per heavy atom. The van der Waals surface area contributed by atoms with Crippen molar-refractivity contribution < 1.29 is 4.42 Å². The summed E-state index contributed by atoms with van der Waals surface area (Å²) >= 11 is 0. The van der Waals surface area contributed by atoms with E-state index in [4.69, 9.17) is 4.42 Å². The highest BCUT2D eigenvalue weighted by Crippen LogP contribution is 2.14. The number of rotatable bonds is 5. The minimum Gasteiger partial charge on any atom is -0.444 e. The van der Waals surface area contributed by atoms with Crippen LogP contribution in [0, 0.1) is 19.8 Å². The van der Waals surface area contributed by atoms with Crippen molar-refractivity contribution in [2.24, 2.45) is 10.9 Å². The van der Waals surface area contributed by atoms with E-state index < -0.39 is 0 Å². The highest BCUT2D eigenvalue weighted by Gasteiger charge is 2.21. The molecule has 1 aliphatic rings. The molecule has 0 radical (unpaired) electrons. The van der Waals surface area contributed by atoms with Gasteiger partial charge < -0.3 is 20.0 Å². The number of nitrogens with one attached hydrogen (secondary N) is 2. The van der Waals surface area contributed by atoms with Crippen molar-refractivity contribution >= 4 is 29.9 Å². The summed E-state index contributed by atoms with van der Waals surface area (Å²) in [6.07, 6.45) is 1.26. The van der Waals surface area contributed by atoms with Gasteiger partial charge in [-0.15, -0.1) is 24.0 Å². The normalized spacial score (nSPS) is 19.1. The van der Waals surface area contributed by atoms with Gasteiger partial charge in [0.15, 0.2) is 5.96 Å². The van der Waals surface area contributed by atoms with Gasteiger partial charge in [0.25, 0.3) is 0 Å². The first-order valence-electron chi connectivity index (χ1n) is 7.72. The Labute approximate surface area is 150 Å². The fourth-order valence-electron chi connectivity index (χ4n) is 2.60. The summed E-state index contributed by atoms with van der Waals surface area (Å²) in [5.74, 6) is 3.08. The van der Waals surface area contributed by atoms with Crippen molar-refractivity contribution in [3.05, 3.63) is 17.3 Å². The van der Waals surface area contributed by atoms with Gasteiger partial charge in [0.2, 0.25) is 5.89 Å². The summed E-state index contributed by atoms with van der Waals surface area (Å²) in [6.45, 7) is 11.2. The zero-order valence-corrected chi connectivity index (χ0v) is 16.3. The third-order valence-electron chi connectivity index (χ3n) is 4.08. The number of aryl methyl sites for hydroxylation is 2. The summed E-state index contributed by atoms with van der Waals surface area (Å²) in [6, 6.07) is 0. The lowest BCUT2D eigenvalue weighted by molar-refractivity contribution is 0.341. The van der Waals surface area contributed by atoms with Gasteiger partial charge in [0.1, 0.15) is 5.76 Å². The zero-order chi connectivity index (χ0) is 15.2. The lowest BCUT2D eigenvalue weighted by atomic mass is 10.1. The van der Waals surface area contributed by atoms with E-state index in [0.29, 0.717) is 18.4 Å². The predicted octanol–water partition coefficient (Wildman–Crippen LogP) is 1.92. The van der Waals surface area contributed by atoms with E-state index in [1.807, 2.05) is 13.8 Å². The number of hydrogen-bond donors (Lipinski definition) is 2. The maximum absolute atomic E-state index is 5.55. The molecule has 1 saturated heterocycles. The van der Waals surface area contributed by atoms with E-state index in [1.54, 1.807) is 7.05 Å². The van der Waals surface area contributed by atoms with Crippen LogP contribution in [0.25, 0.3) is 0 Å². The SMILES string of the molecule is CCN1CCC(CNC(=NC)NCc2nc(C)c(C)o2)C1.I. The molecule has 126 valence electrons. The van der Waals surface area contributed by atoms with Crippen molar-refractivity contribution in [3.8, 4) is 0 Å². The summed E-state index contributed by atoms with van der Waals surface area (Å²) in [7, 11) is 1.79. The first kappa shape index (κ1) is 19.2. The van der Waals surface area contributed by atoms with Crippen LogP contribution in [0.2, 0.25) is 0 Å². The average Bonchev–Trinajstić information content (AvgIpc) is 3.06. The number of aromatic nitrogens is 1. The largest absolute Gasteiger partial charge is 0.444 e. The van der Waals surface area contributed by atoms with Gasteiger partial charge in [-0.25, -0.2) is 4.98 Å². The van der Waals surface area contributed by atoms with Gasteiger partial charge in [-0.05, 0) is 39.3 Å². The first-order chi connectivity index (χ1) is 10.1. The molecule has 0 spiro atoms. The molecule has 2 heterocycles. The van der Waals surface area contributed by atoms with Gasteiger partial charge in [0.05, 0.1) is 12.2 Å². The molecule has 1 aliphatic heterocycles. The summed E-state index contributed by atoms with van der Waals surface area (Å²) in [5, 5.41) is 6.63. The lowest BCUT2D eigenvalue weighted by Gasteiger charge is -2.15. The Balaban J connectivity index is 0.00000242. The second-order valence-corrected chi connectivity index (χ2v) is 5.60. The second-order valence-electron chi connectivity index (χ2n) is 5.60. The van der Waals surface area contributed by atoms with Gasteiger partial charge in [-0.3, -0.25) is 4.99 Å². The molecule has 1 aromatic rings. The number of likely N-dealkylation sites (tertiary alicyclic amines) is 1. The Morgan fingerprint density at radius 2 is 2.18 bits per heavy atom. The fraction of sp³-hybridized carbons (Fsp3) is 0.733. The van der Waals surface area contributed by atoms with Gasteiger partial charge in [-0.2, -0.15) is 0 Å². The Kier molecular flexibility index (Phi) is 8.16. The van der Waals surface area contributed by atoms with E-state index in [9.17, 15) is 0 Å². The number of oxazole rings is 1. The maximum Gasteiger partial charge on any atom is 0.214 e. The molecule has 0 amide bonds. The molecule has 0 saturated carbocycles. The van der Waals surface area contributed by atoms with E-state index in [1.165, 1.54) is 19.5 Å². The standard InChI is InChI=1S/C15H27N5O.HI/c1-5-20-7-6-13(10-20)8-17-15(16-4)18-9-14-19-11(2)12(3)21-14;/h13H,5-10H2,1-4H3,(H2,16,17,18);1H. The molecule has 1 fully saturated rings. The molecular weight excluding hydrogens is 393 g/mol. The molecule has 6 nitrogen and oxygen atoms in total. The molecule has 2 rings (SSSR count). The van der Waals surface area contributed by atoms with Crippen molar-refractivity contribution in [2.75, 3.05) is 33.2 Å². The van der Waals surface area contributed by atoms with Crippen LogP contribution >= 0.6 is 24.0 Å². The highest BCUT2D eigenvalue weighted by atomic mass is 127. The average molecular weight is 421 g/mol. The van der Waals surface area contributed by atoms with Crippen LogP contribution in [0.1, 0.15) is 30.7 Å². The van der Waals surface area contributed by atoms with E-state index in [0.717, 1.165) is 30.5 Å². The zero-order valence-electron chi connectivity index (χ0n) is 14.0. The quantitative estimate of drug-likeness (QED) is 0.432. The molecule has 1 atom stereocenters.